The molecule has 2 N–H and O–H groups in total. The van der Waals surface area contributed by atoms with Crippen LogP contribution in [0.25, 0.3) is 10.8 Å². The van der Waals surface area contributed by atoms with Crippen LogP contribution in [0.15, 0.2) is 30.3 Å². The van der Waals surface area contributed by atoms with Gasteiger partial charge in [0.2, 0.25) is 0 Å². The van der Waals surface area contributed by atoms with Crippen LogP contribution in [0.5, 0.6) is 0 Å². The Bertz CT molecular complexity index is 472. The van der Waals surface area contributed by atoms with Crippen LogP contribution in [0.3, 0.4) is 0 Å². The van der Waals surface area contributed by atoms with E-state index in [0.717, 1.165) is 0 Å². The highest BCUT2D eigenvalue weighted by molar-refractivity contribution is 5.87. The molecule has 0 spiro atoms. The van der Waals surface area contributed by atoms with Gasteiger partial charge in [-0.1, -0.05) is 35.9 Å². The molecule has 0 radical (unpaired) electrons. The zero-order chi connectivity index (χ0) is 10.1. The lowest BCUT2D eigenvalue weighted by molar-refractivity contribution is 1.07. The highest BCUT2D eigenvalue weighted by Gasteiger charge is 2.02. The summed E-state index contributed by atoms with van der Waals surface area (Å²) in [7, 11) is 0. The normalized spacial score (nSPS) is 10.8. The summed E-state index contributed by atoms with van der Waals surface area (Å²) in [5, 5.41) is 2.58. The molecule has 0 fully saturated rings. The molecule has 2 aromatic carbocycles. The van der Waals surface area contributed by atoms with Crippen molar-refractivity contribution >= 4 is 10.8 Å². The standard InChI is InChI=1S/C13H15N/c1-9-3-6-12-11(7-9)5-4-10(2)13(12)8-14/h3-7H,8,14H2,1-2H3. The van der Waals surface area contributed by atoms with E-state index in [0.29, 0.717) is 6.54 Å². The maximum Gasteiger partial charge on any atom is 0.0186 e. The molecule has 14 heavy (non-hydrogen) atoms. The van der Waals surface area contributed by atoms with Crippen molar-refractivity contribution in [1.82, 2.24) is 0 Å². The number of rotatable bonds is 1. The Hall–Kier alpha value is -1.34. The molecule has 0 aliphatic carbocycles. The summed E-state index contributed by atoms with van der Waals surface area (Å²) >= 11 is 0. The number of aryl methyl sites for hydroxylation is 2. The molecule has 0 saturated carbocycles. The lowest BCUT2D eigenvalue weighted by atomic mass is 9.98. The maximum atomic E-state index is 5.75. The van der Waals surface area contributed by atoms with Gasteiger partial charge in [0, 0.05) is 6.54 Å². The predicted molar refractivity (Wildman–Crippen MR) is 61.3 cm³/mol. The minimum Gasteiger partial charge on any atom is -0.326 e. The number of hydrogen-bond acceptors (Lipinski definition) is 1. The largest absolute Gasteiger partial charge is 0.326 e. The topological polar surface area (TPSA) is 26.0 Å². The van der Waals surface area contributed by atoms with Crippen LogP contribution in [0, 0.1) is 13.8 Å². The third kappa shape index (κ3) is 1.40. The Morgan fingerprint density at radius 1 is 1.07 bits per heavy atom. The molecular formula is C13H15N. The molecule has 2 rings (SSSR count). The van der Waals surface area contributed by atoms with E-state index in [1.54, 1.807) is 0 Å². The third-order valence-corrected chi connectivity index (χ3v) is 2.73. The first kappa shape index (κ1) is 9.22. The van der Waals surface area contributed by atoms with Gasteiger partial charge in [0.1, 0.15) is 0 Å². The average Bonchev–Trinajstić information content (AvgIpc) is 2.18. The Labute approximate surface area is 84.5 Å². The van der Waals surface area contributed by atoms with Gasteiger partial charge < -0.3 is 5.73 Å². The summed E-state index contributed by atoms with van der Waals surface area (Å²) < 4.78 is 0. The molecule has 0 saturated heterocycles. The van der Waals surface area contributed by atoms with E-state index in [9.17, 15) is 0 Å². The molecular weight excluding hydrogens is 170 g/mol. The first-order chi connectivity index (χ1) is 6.72. The fourth-order valence-corrected chi connectivity index (χ4v) is 1.89. The van der Waals surface area contributed by atoms with E-state index in [2.05, 4.69) is 44.2 Å². The Morgan fingerprint density at radius 3 is 2.57 bits per heavy atom. The first-order valence-electron chi connectivity index (χ1n) is 4.91. The van der Waals surface area contributed by atoms with Crippen molar-refractivity contribution in [3.05, 3.63) is 47.0 Å². The summed E-state index contributed by atoms with van der Waals surface area (Å²) in [4.78, 5) is 0. The fourth-order valence-electron chi connectivity index (χ4n) is 1.89. The molecule has 72 valence electrons. The van der Waals surface area contributed by atoms with Gasteiger partial charge in [-0.3, -0.25) is 0 Å². The van der Waals surface area contributed by atoms with Crippen molar-refractivity contribution < 1.29 is 0 Å². The summed E-state index contributed by atoms with van der Waals surface area (Å²) in [6, 6.07) is 10.8. The van der Waals surface area contributed by atoms with Crippen LogP contribution in [-0.2, 0) is 6.54 Å². The number of fused-ring (bicyclic) bond motifs is 1. The van der Waals surface area contributed by atoms with Gasteiger partial charge >= 0.3 is 0 Å². The van der Waals surface area contributed by atoms with Gasteiger partial charge in [-0.05, 0) is 35.7 Å². The average molecular weight is 185 g/mol. The first-order valence-corrected chi connectivity index (χ1v) is 4.91. The van der Waals surface area contributed by atoms with Crippen molar-refractivity contribution in [2.75, 3.05) is 0 Å². The Balaban J connectivity index is 2.82. The molecule has 0 aliphatic rings. The van der Waals surface area contributed by atoms with Crippen LogP contribution in [0.2, 0.25) is 0 Å². The molecule has 0 aliphatic heterocycles. The molecule has 0 atom stereocenters. The second-order valence-electron chi connectivity index (χ2n) is 3.79. The van der Waals surface area contributed by atoms with Crippen molar-refractivity contribution in [3.8, 4) is 0 Å². The molecule has 1 nitrogen and oxygen atoms in total. The van der Waals surface area contributed by atoms with Crippen LogP contribution in [0.1, 0.15) is 16.7 Å². The van der Waals surface area contributed by atoms with E-state index in [4.69, 9.17) is 5.73 Å². The van der Waals surface area contributed by atoms with Crippen molar-refractivity contribution in [2.45, 2.75) is 20.4 Å². The van der Waals surface area contributed by atoms with E-state index >= 15 is 0 Å². The van der Waals surface area contributed by atoms with Gasteiger partial charge in [-0.2, -0.15) is 0 Å². The minimum absolute atomic E-state index is 0.617. The number of benzene rings is 2. The molecule has 0 bridgehead atoms. The summed E-state index contributed by atoms with van der Waals surface area (Å²) in [6.45, 7) is 4.84. The van der Waals surface area contributed by atoms with Crippen LogP contribution in [-0.4, -0.2) is 0 Å². The fraction of sp³-hybridized carbons (Fsp3) is 0.231. The monoisotopic (exact) mass is 185 g/mol. The predicted octanol–water partition coefficient (Wildman–Crippen LogP) is 2.92. The third-order valence-electron chi connectivity index (χ3n) is 2.73. The van der Waals surface area contributed by atoms with E-state index < -0.39 is 0 Å². The number of hydrogen-bond donors (Lipinski definition) is 1. The smallest absolute Gasteiger partial charge is 0.0186 e. The summed E-state index contributed by atoms with van der Waals surface area (Å²) in [6.07, 6.45) is 0. The minimum atomic E-state index is 0.617. The highest BCUT2D eigenvalue weighted by Crippen LogP contribution is 2.22. The second kappa shape index (κ2) is 3.43. The molecule has 0 aromatic heterocycles. The van der Waals surface area contributed by atoms with Gasteiger partial charge in [-0.25, -0.2) is 0 Å². The van der Waals surface area contributed by atoms with Crippen LogP contribution in [0.4, 0.5) is 0 Å². The maximum absolute atomic E-state index is 5.75. The van der Waals surface area contributed by atoms with Crippen molar-refractivity contribution in [3.63, 3.8) is 0 Å². The molecule has 0 unspecified atom stereocenters. The number of nitrogens with two attached hydrogens (primary N) is 1. The summed E-state index contributed by atoms with van der Waals surface area (Å²) in [5.74, 6) is 0. The van der Waals surface area contributed by atoms with Crippen molar-refractivity contribution in [1.29, 1.82) is 0 Å². The van der Waals surface area contributed by atoms with Gasteiger partial charge in [-0.15, -0.1) is 0 Å². The van der Waals surface area contributed by atoms with E-state index in [1.165, 1.54) is 27.5 Å². The lowest BCUT2D eigenvalue weighted by Gasteiger charge is -2.08. The zero-order valence-corrected chi connectivity index (χ0v) is 8.67. The summed E-state index contributed by atoms with van der Waals surface area (Å²) in [5.41, 5.74) is 9.60. The zero-order valence-electron chi connectivity index (χ0n) is 8.67. The van der Waals surface area contributed by atoms with E-state index in [1.807, 2.05) is 0 Å². The molecule has 1 heteroatoms. The van der Waals surface area contributed by atoms with Gasteiger partial charge in [0.05, 0.1) is 0 Å². The SMILES string of the molecule is Cc1ccc2c(CN)c(C)ccc2c1. The molecule has 0 amide bonds. The Morgan fingerprint density at radius 2 is 1.86 bits per heavy atom. The Kier molecular flexibility index (Phi) is 2.26. The van der Waals surface area contributed by atoms with E-state index in [-0.39, 0.29) is 0 Å². The quantitative estimate of drug-likeness (QED) is 0.726. The molecule has 2 aromatic rings. The second-order valence-corrected chi connectivity index (χ2v) is 3.79. The van der Waals surface area contributed by atoms with Crippen molar-refractivity contribution in [2.24, 2.45) is 5.73 Å². The van der Waals surface area contributed by atoms with Crippen LogP contribution < -0.4 is 5.73 Å². The van der Waals surface area contributed by atoms with Gasteiger partial charge in [0.25, 0.3) is 0 Å². The van der Waals surface area contributed by atoms with Crippen LogP contribution >= 0.6 is 0 Å². The lowest BCUT2D eigenvalue weighted by Crippen LogP contribution is -2.00. The highest BCUT2D eigenvalue weighted by atomic mass is 14.5. The van der Waals surface area contributed by atoms with Gasteiger partial charge in [0.15, 0.2) is 0 Å². The molecule has 0 heterocycles.